The van der Waals surface area contributed by atoms with Crippen LogP contribution in [0.3, 0.4) is 0 Å². The Morgan fingerprint density at radius 3 is 1.52 bits per heavy atom. The maximum atomic E-state index is 11.7. The Labute approximate surface area is 144 Å². The molecule has 1 aliphatic heterocycles. The molecule has 1 rings (SSSR count). The van der Waals surface area contributed by atoms with E-state index in [2.05, 4.69) is 6.92 Å². The first-order chi connectivity index (χ1) is 11.3. The third-order valence-corrected chi connectivity index (χ3v) is 5.08. The lowest BCUT2D eigenvalue weighted by Gasteiger charge is -2.15. The summed E-state index contributed by atoms with van der Waals surface area (Å²) < 4.78 is 0. The molecule has 0 N–H and O–H groups in total. The van der Waals surface area contributed by atoms with Gasteiger partial charge in [-0.15, -0.1) is 0 Å². The Morgan fingerprint density at radius 1 is 0.696 bits per heavy atom. The van der Waals surface area contributed by atoms with Gasteiger partial charge in [0.25, 0.3) is 0 Å². The molecule has 0 aliphatic carbocycles. The van der Waals surface area contributed by atoms with E-state index in [1.165, 1.54) is 89.9 Å². The van der Waals surface area contributed by atoms with Crippen LogP contribution in [0.2, 0.25) is 0 Å². The van der Waals surface area contributed by atoms with Crippen molar-refractivity contribution in [2.45, 2.75) is 96.8 Å². The average molecular weight is 325 g/mol. The van der Waals surface area contributed by atoms with Crippen molar-refractivity contribution in [1.29, 1.82) is 0 Å². The quantitative estimate of drug-likeness (QED) is 0.347. The largest absolute Gasteiger partial charge is 0.326 e. The fraction of sp³-hybridized carbons (Fsp3) is 0.950. The maximum Gasteiger partial charge on any atom is 0.319 e. The molecule has 0 spiro atoms. The number of unbranched alkanes of at least 4 members (excludes halogenated alkanes) is 13. The molecule has 0 aromatic heterocycles. The Hall–Kier alpha value is -0.730. The zero-order chi connectivity index (χ0) is 16.8. The molecule has 0 bridgehead atoms. The lowest BCUT2D eigenvalue weighted by Crippen LogP contribution is -2.30. The van der Waals surface area contributed by atoms with E-state index in [1.807, 2.05) is 16.8 Å². The van der Waals surface area contributed by atoms with Gasteiger partial charge in [-0.2, -0.15) is 0 Å². The molecule has 1 aliphatic rings. The molecule has 0 radical (unpaired) electrons. The molecule has 0 unspecified atom stereocenters. The molecule has 1 fully saturated rings. The van der Waals surface area contributed by atoms with Crippen LogP contribution in [0.25, 0.3) is 0 Å². The molecule has 3 heteroatoms. The Morgan fingerprint density at radius 2 is 1.13 bits per heavy atom. The molecule has 1 heterocycles. The number of nitrogens with zero attached hydrogens (tertiary/aromatic N) is 2. The molecule has 3 nitrogen and oxygen atoms in total. The summed E-state index contributed by atoms with van der Waals surface area (Å²) >= 11 is 0. The van der Waals surface area contributed by atoms with Crippen molar-refractivity contribution in [3.63, 3.8) is 0 Å². The molecule has 2 amide bonds. The normalized spacial score (nSPS) is 15.0. The fourth-order valence-corrected chi connectivity index (χ4v) is 3.41. The molecule has 0 atom stereocenters. The topological polar surface area (TPSA) is 23.6 Å². The summed E-state index contributed by atoms with van der Waals surface area (Å²) in [7, 11) is 1.90. The number of urea groups is 1. The van der Waals surface area contributed by atoms with Crippen molar-refractivity contribution < 1.29 is 4.79 Å². The number of hydrogen-bond donors (Lipinski definition) is 0. The minimum absolute atomic E-state index is 0.222. The van der Waals surface area contributed by atoms with Gasteiger partial charge in [0.1, 0.15) is 0 Å². The lowest BCUT2D eigenvalue weighted by atomic mass is 10.0. The molecule has 23 heavy (non-hydrogen) atoms. The van der Waals surface area contributed by atoms with Gasteiger partial charge < -0.3 is 9.80 Å². The highest BCUT2D eigenvalue weighted by molar-refractivity contribution is 5.76. The predicted molar refractivity (Wildman–Crippen MR) is 99.9 cm³/mol. The number of amides is 2. The van der Waals surface area contributed by atoms with Gasteiger partial charge in [-0.1, -0.05) is 90.4 Å². The molecule has 0 saturated carbocycles. The maximum absolute atomic E-state index is 11.7. The van der Waals surface area contributed by atoms with E-state index < -0.39 is 0 Å². The molecule has 1 saturated heterocycles. The monoisotopic (exact) mass is 324 g/mol. The van der Waals surface area contributed by atoms with E-state index in [0.29, 0.717) is 0 Å². The predicted octanol–water partition coefficient (Wildman–Crippen LogP) is 5.84. The van der Waals surface area contributed by atoms with Gasteiger partial charge in [-0.25, -0.2) is 4.79 Å². The summed E-state index contributed by atoms with van der Waals surface area (Å²) in [6.45, 7) is 5.07. The van der Waals surface area contributed by atoms with Crippen molar-refractivity contribution in [1.82, 2.24) is 9.80 Å². The first kappa shape index (κ1) is 20.3. The summed E-state index contributed by atoms with van der Waals surface area (Å²) in [5, 5.41) is 0. The van der Waals surface area contributed by atoms with Gasteiger partial charge in [0.15, 0.2) is 0 Å². The second-order valence-corrected chi connectivity index (χ2v) is 7.29. The number of hydrogen-bond acceptors (Lipinski definition) is 1. The third-order valence-electron chi connectivity index (χ3n) is 5.08. The fourth-order valence-electron chi connectivity index (χ4n) is 3.41. The van der Waals surface area contributed by atoms with Gasteiger partial charge in [-0.05, 0) is 6.42 Å². The first-order valence-electron chi connectivity index (χ1n) is 10.3. The van der Waals surface area contributed by atoms with E-state index in [4.69, 9.17) is 0 Å². The van der Waals surface area contributed by atoms with E-state index >= 15 is 0 Å². The third kappa shape index (κ3) is 9.88. The van der Waals surface area contributed by atoms with Crippen LogP contribution in [0.15, 0.2) is 0 Å². The molecule has 0 aromatic rings. The van der Waals surface area contributed by atoms with Gasteiger partial charge in [-0.3, -0.25) is 0 Å². The summed E-state index contributed by atoms with van der Waals surface area (Å²) in [6.07, 6.45) is 19.4. The van der Waals surface area contributed by atoms with Crippen molar-refractivity contribution >= 4 is 6.03 Å². The Bertz CT molecular complexity index is 293. The highest BCUT2D eigenvalue weighted by Gasteiger charge is 2.23. The van der Waals surface area contributed by atoms with Crippen LogP contribution in [0, 0.1) is 0 Å². The van der Waals surface area contributed by atoms with E-state index in [-0.39, 0.29) is 6.03 Å². The molecular formula is C20H40N2O. The summed E-state index contributed by atoms with van der Waals surface area (Å²) in [4.78, 5) is 15.5. The number of carbonyl (C=O) groups excluding carboxylic acids is 1. The zero-order valence-corrected chi connectivity index (χ0v) is 15.8. The number of likely N-dealkylation sites (N-methyl/N-ethyl adjacent to an activating group) is 1. The standard InChI is InChI=1S/C20H40N2O/c1-3-4-5-6-7-8-9-10-11-12-13-14-15-16-17-22-19-18-21(2)20(22)23/h3-19H2,1-2H3. The van der Waals surface area contributed by atoms with E-state index in [1.54, 1.807) is 0 Å². The number of rotatable bonds is 15. The van der Waals surface area contributed by atoms with E-state index in [0.717, 1.165) is 19.6 Å². The second-order valence-electron chi connectivity index (χ2n) is 7.29. The van der Waals surface area contributed by atoms with Crippen LogP contribution in [-0.2, 0) is 0 Å². The van der Waals surface area contributed by atoms with E-state index in [9.17, 15) is 4.79 Å². The zero-order valence-electron chi connectivity index (χ0n) is 15.8. The van der Waals surface area contributed by atoms with Crippen molar-refractivity contribution in [3.05, 3.63) is 0 Å². The summed E-state index contributed by atoms with van der Waals surface area (Å²) in [6, 6.07) is 0.222. The Balaban J connectivity index is 1.74. The Kier molecular flexibility index (Phi) is 12.1. The lowest BCUT2D eigenvalue weighted by molar-refractivity contribution is 0.198. The second kappa shape index (κ2) is 13.7. The van der Waals surface area contributed by atoms with Crippen LogP contribution >= 0.6 is 0 Å². The van der Waals surface area contributed by atoms with Gasteiger partial charge in [0.2, 0.25) is 0 Å². The summed E-state index contributed by atoms with van der Waals surface area (Å²) in [5.74, 6) is 0. The van der Waals surface area contributed by atoms with Crippen molar-refractivity contribution in [2.75, 3.05) is 26.7 Å². The molecular weight excluding hydrogens is 284 g/mol. The van der Waals surface area contributed by atoms with Crippen LogP contribution in [0.1, 0.15) is 96.8 Å². The van der Waals surface area contributed by atoms with Crippen molar-refractivity contribution in [3.8, 4) is 0 Å². The van der Waals surface area contributed by atoms with Gasteiger partial charge in [0.05, 0.1) is 0 Å². The summed E-state index contributed by atoms with van der Waals surface area (Å²) in [5.41, 5.74) is 0. The molecule has 0 aromatic carbocycles. The van der Waals surface area contributed by atoms with Crippen LogP contribution in [0.4, 0.5) is 4.79 Å². The van der Waals surface area contributed by atoms with Gasteiger partial charge in [0, 0.05) is 26.7 Å². The number of carbonyl (C=O) groups is 1. The smallest absolute Gasteiger partial charge is 0.319 e. The SMILES string of the molecule is CCCCCCCCCCCCCCCCN1CCN(C)C1=O. The van der Waals surface area contributed by atoms with Crippen LogP contribution < -0.4 is 0 Å². The highest BCUT2D eigenvalue weighted by atomic mass is 16.2. The van der Waals surface area contributed by atoms with Gasteiger partial charge >= 0.3 is 6.03 Å². The minimum atomic E-state index is 0.222. The van der Waals surface area contributed by atoms with Crippen LogP contribution in [-0.4, -0.2) is 42.5 Å². The average Bonchev–Trinajstić information content (AvgIpc) is 2.87. The minimum Gasteiger partial charge on any atom is -0.326 e. The first-order valence-corrected chi connectivity index (χ1v) is 10.3. The van der Waals surface area contributed by atoms with Crippen molar-refractivity contribution in [2.24, 2.45) is 0 Å². The molecule has 136 valence electrons. The van der Waals surface area contributed by atoms with Crippen LogP contribution in [0.5, 0.6) is 0 Å². The highest BCUT2D eigenvalue weighted by Crippen LogP contribution is 2.13.